The van der Waals surface area contributed by atoms with E-state index >= 15 is 0 Å². The van der Waals surface area contributed by atoms with Crippen LogP contribution in [0.4, 0.5) is 0 Å². The zero-order chi connectivity index (χ0) is 21.6. The van der Waals surface area contributed by atoms with Gasteiger partial charge in [-0.2, -0.15) is 4.37 Å². The third-order valence-electron chi connectivity index (χ3n) is 3.71. The topological polar surface area (TPSA) is 82.7 Å². The molecule has 0 fully saturated rings. The summed E-state index contributed by atoms with van der Waals surface area (Å²) in [6, 6.07) is 0. The van der Waals surface area contributed by atoms with E-state index < -0.39 is 28.6 Å². The third kappa shape index (κ3) is 6.86. The van der Waals surface area contributed by atoms with Crippen LogP contribution >= 0.6 is 11.5 Å². The molecule has 0 spiro atoms. The number of ether oxygens (including phenoxy) is 2. The first-order chi connectivity index (χ1) is 12.8. The summed E-state index contributed by atoms with van der Waals surface area (Å²) in [5, 5.41) is 0.290. The molecular formula is C20H31N3O4S. The fraction of sp³-hybridized carbons (Fsp3) is 0.750. The summed E-state index contributed by atoms with van der Waals surface area (Å²) in [6.45, 7) is 19.6. The highest BCUT2D eigenvalue weighted by atomic mass is 32.1. The van der Waals surface area contributed by atoms with Crippen molar-refractivity contribution >= 4 is 23.5 Å². The number of hydrogen-bond acceptors (Lipinski definition) is 7. The van der Waals surface area contributed by atoms with Crippen LogP contribution in [0.1, 0.15) is 78.1 Å². The number of hydrogen-bond donors (Lipinski definition) is 0. The maximum Gasteiger partial charge on any atom is 0.331 e. The van der Waals surface area contributed by atoms with Crippen LogP contribution in [0, 0.1) is 13.5 Å². The molecule has 1 aromatic rings. The van der Waals surface area contributed by atoms with Crippen molar-refractivity contribution in [3.05, 3.63) is 22.2 Å². The minimum Gasteiger partial charge on any atom is -0.459 e. The van der Waals surface area contributed by atoms with Crippen LogP contribution in [0.2, 0.25) is 0 Å². The lowest BCUT2D eigenvalue weighted by Gasteiger charge is -2.33. The van der Waals surface area contributed by atoms with Crippen LogP contribution in [-0.4, -0.2) is 39.0 Å². The smallest absolute Gasteiger partial charge is 0.331 e. The van der Waals surface area contributed by atoms with E-state index in [0.29, 0.717) is 36.6 Å². The molecule has 0 amide bonds. The molecule has 0 saturated heterocycles. The maximum atomic E-state index is 13.3. The summed E-state index contributed by atoms with van der Waals surface area (Å²) in [7, 11) is 0. The third-order valence-corrected chi connectivity index (χ3v) is 4.68. The van der Waals surface area contributed by atoms with Crippen LogP contribution in [0.5, 0.6) is 0 Å². The number of aromatic nitrogens is 2. The summed E-state index contributed by atoms with van der Waals surface area (Å²) in [5.74, 6) is -0.851. The van der Waals surface area contributed by atoms with Crippen LogP contribution in [0.25, 0.3) is 4.85 Å². The van der Waals surface area contributed by atoms with Crippen molar-refractivity contribution in [3.63, 3.8) is 0 Å². The van der Waals surface area contributed by atoms with Gasteiger partial charge in [-0.25, -0.2) is 11.6 Å². The van der Waals surface area contributed by atoms with Gasteiger partial charge in [-0.1, -0.05) is 6.42 Å². The number of esters is 2. The minimum absolute atomic E-state index is 0.198. The van der Waals surface area contributed by atoms with Gasteiger partial charge in [0.15, 0.2) is 0 Å². The number of carbonyl (C=O) groups excluding carboxylic acids is 2. The molecule has 1 aromatic heterocycles. The molecule has 0 unspecified atom stereocenters. The molecule has 0 aliphatic rings. The van der Waals surface area contributed by atoms with Crippen molar-refractivity contribution in [2.45, 2.75) is 90.8 Å². The van der Waals surface area contributed by atoms with Crippen LogP contribution in [0.3, 0.4) is 0 Å². The lowest BCUT2D eigenvalue weighted by Crippen LogP contribution is -2.50. The quantitative estimate of drug-likeness (QED) is 0.276. The molecule has 0 atom stereocenters. The Bertz CT molecular complexity index is 695. The molecule has 0 bridgehead atoms. The Morgan fingerprint density at radius 2 is 1.54 bits per heavy atom. The molecule has 1 heterocycles. The average molecular weight is 410 g/mol. The first-order valence-electron chi connectivity index (χ1n) is 9.43. The van der Waals surface area contributed by atoms with Gasteiger partial charge in [0.05, 0.1) is 0 Å². The van der Waals surface area contributed by atoms with Crippen LogP contribution < -0.4 is 0 Å². The van der Waals surface area contributed by atoms with Gasteiger partial charge < -0.3 is 14.3 Å². The standard InChI is InChI=1S/C20H31N3O4S/c1-14-22-15(28-23-14)20(12-10-9-11-13-21-8,16(24)26-18(2,3)4)17(25)27-19(5,6)7/h9-13H2,1-7H3. The highest BCUT2D eigenvalue weighted by molar-refractivity contribution is 7.06. The van der Waals surface area contributed by atoms with E-state index in [2.05, 4.69) is 14.2 Å². The average Bonchev–Trinajstić information content (AvgIpc) is 2.94. The second-order valence-corrected chi connectivity index (χ2v) is 9.50. The van der Waals surface area contributed by atoms with Crippen molar-refractivity contribution in [3.8, 4) is 0 Å². The Hall–Kier alpha value is -2.01. The molecule has 0 saturated carbocycles. The van der Waals surface area contributed by atoms with Gasteiger partial charge in [-0.05, 0) is 72.8 Å². The fourth-order valence-corrected chi connectivity index (χ4v) is 3.38. The largest absolute Gasteiger partial charge is 0.459 e. The van der Waals surface area contributed by atoms with Crippen molar-refractivity contribution < 1.29 is 19.1 Å². The van der Waals surface area contributed by atoms with Crippen LogP contribution in [0.15, 0.2) is 0 Å². The normalized spacial score (nSPS) is 12.4. The van der Waals surface area contributed by atoms with Gasteiger partial charge in [-0.15, -0.1) is 0 Å². The van der Waals surface area contributed by atoms with Gasteiger partial charge in [0.1, 0.15) is 22.0 Å². The molecule has 0 aliphatic heterocycles. The highest BCUT2D eigenvalue weighted by Crippen LogP contribution is 2.37. The SMILES string of the molecule is [C-]#[N+]CCCCCC(C(=O)OC(C)(C)C)(C(=O)OC(C)(C)C)c1nc(C)ns1. The van der Waals surface area contributed by atoms with Gasteiger partial charge in [0.25, 0.3) is 0 Å². The van der Waals surface area contributed by atoms with E-state index in [0.717, 1.165) is 11.5 Å². The first-order valence-corrected chi connectivity index (χ1v) is 10.2. The molecule has 0 N–H and O–H groups in total. The molecule has 0 aliphatic carbocycles. The lowest BCUT2D eigenvalue weighted by molar-refractivity contribution is -0.178. The predicted molar refractivity (Wildman–Crippen MR) is 108 cm³/mol. The molecular weight excluding hydrogens is 378 g/mol. The molecule has 7 nitrogen and oxygen atoms in total. The van der Waals surface area contributed by atoms with E-state index in [1.165, 1.54) is 0 Å². The van der Waals surface area contributed by atoms with Gasteiger partial charge in [0.2, 0.25) is 12.0 Å². The first kappa shape index (κ1) is 24.0. The second-order valence-electron chi connectivity index (χ2n) is 8.75. The molecule has 156 valence electrons. The van der Waals surface area contributed by atoms with Gasteiger partial charge >= 0.3 is 11.9 Å². The Labute approximate surface area is 171 Å². The zero-order valence-electron chi connectivity index (χ0n) is 17.9. The summed E-state index contributed by atoms with van der Waals surface area (Å²) < 4.78 is 15.4. The number of aryl methyl sites for hydroxylation is 1. The maximum absolute atomic E-state index is 13.3. The highest BCUT2D eigenvalue weighted by Gasteiger charge is 2.54. The Balaban J connectivity index is 3.37. The Morgan fingerprint density at radius 3 is 1.93 bits per heavy atom. The Morgan fingerprint density at radius 1 is 1.00 bits per heavy atom. The van der Waals surface area contributed by atoms with Crippen molar-refractivity contribution in [1.82, 2.24) is 9.36 Å². The van der Waals surface area contributed by atoms with Crippen LogP contribution in [-0.2, 0) is 24.5 Å². The van der Waals surface area contributed by atoms with E-state index in [1.54, 1.807) is 48.5 Å². The summed E-state index contributed by atoms with van der Waals surface area (Å²) in [5.41, 5.74) is -3.20. The number of carbonyl (C=O) groups is 2. The number of unbranched alkanes of at least 4 members (excludes halogenated alkanes) is 2. The molecule has 8 heteroatoms. The van der Waals surface area contributed by atoms with E-state index in [1.807, 2.05) is 0 Å². The summed E-state index contributed by atoms with van der Waals surface area (Å²) in [4.78, 5) is 34.3. The monoisotopic (exact) mass is 409 g/mol. The summed E-state index contributed by atoms with van der Waals surface area (Å²) in [6.07, 6.45) is 2.18. The van der Waals surface area contributed by atoms with E-state index in [9.17, 15) is 9.59 Å². The lowest BCUT2D eigenvalue weighted by atomic mass is 9.82. The molecule has 0 aromatic carbocycles. The summed E-state index contributed by atoms with van der Waals surface area (Å²) >= 11 is 1.02. The van der Waals surface area contributed by atoms with Crippen molar-refractivity contribution in [2.24, 2.45) is 0 Å². The zero-order valence-corrected chi connectivity index (χ0v) is 18.7. The molecule has 28 heavy (non-hydrogen) atoms. The van der Waals surface area contributed by atoms with E-state index in [-0.39, 0.29) is 6.42 Å². The fourth-order valence-electron chi connectivity index (χ4n) is 2.53. The number of nitrogens with zero attached hydrogens (tertiary/aromatic N) is 3. The van der Waals surface area contributed by atoms with E-state index in [4.69, 9.17) is 16.0 Å². The van der Waals surface area contributed by atoms with Gasteiger partial charge in [0, 0.05) is 6.42 Å². The predicted octanol–water partition coefficient (Wildman–Crippen LogP) is 4.25. The van der Waals surface area contributed by atoms with Crippen molar-refractivity contribution in [1.29, 1.82) is 0 Å². The molecule has 1 rings (SSSR count). The number of rotatable bonds is 8. The minimum atomic E-state index is -1.66. The molecule has 0 radical (unpaired) electrons. The van der Waals surface area contributed by atoms with Crippen molar-refractivity contribution in [2.75, 3.05) is 6.54 Å². The second kappa shape index (κ2) is 9.46. The Kier molecular flexibility index (Phi) is 8.12. The van der Waals surface area contributed by atoms with Gasteiger partial charge in [-0.3, -0.25) is 9.59 Å².